The van der Waals surface area contributed by atoms with Gasteiger partial charge >= 0.3 is 6.18 Å². The predicted octanol–water partition coefficient (Wildman–Crippen LogP) is 8.42. The molecule has 2 amide bonds. The van der Waals surface area contributed by atoms with Gasteiger partial charge in [-0.2, -0.15) is 13.2 Å². The second-order valence-corrected chi connectivity index (χ2v) is 15.3. The molecule has 0 aliphatic rings. The zero-order chi connectivity index (χ0) is 36.1. The van der Waals surface area contributed by atoms with Gasteiger partial charge in [0, 0.05) is 18.5 Å². The largest absolute Gasteiger partial charge is 0.417 e. The maximum Gasteiger partial charge on any atom is 0.417 e. The summed E-state index contributed by atoms with van der Waals surface area (Å²) in [6.07, 6.45) is -4.90. The minimum atomic E-state index is -4.93. The number of benzene rings is 4. The summed E-state index contributed by atoms with van der Waals surface area (Å²) in [6.45, 7) is 4.11. The van der Waals surface area contributed by atoms with E-state index >= 15 is 0 Å². The number of hydrogen-bond acceptors (Lipinski definition) is 4. The van der Waals surface area contributed by atoms with Crippen molar-refractivity contribution in [1.29, 1.82) is 0 Å². The average molecular weight is 755 g/mol. The molecule has 1 N–H and O–H groups in total. The number of anilines is 1. The Morgan fingerprint density at radius 2 is 1.37 bits per heavy atom. The monoisotopic (exact) mass is 753 g/mol. The van der Waals surface area contributed by atoms with Gasteiger partial charge in [-0.25, -0.2) is 8.42 Å². The highest BCUT2D eigenvalue weighted by Crippen LogP contribution is 2.38. The van der Waals surface area contributed by atoms with Gasteiger partial charge in [0.05, 0.1) is 31.2 Å². The highest BCUT2D eigenvalue weighted by atomic mass is 35.5. The highest BCUT2D eigenvalue weighted by Gasteiger charge is 2.38. The van der Waals surface area contributed by atoms with Gasteiger partial charge in [0.1, 0.15) is 12.6 Å². The summed E-state index contributed by atoms with van der Waals surface area (Å²) in [7, 11) is -4.64. The fourth-order valence-electron chi connectivity index (χ4n) is 4.98. The Hall–Kier alpha value is -3.77. The number of alkyl halides is 3. The summed E-state index contributed by atoms with van der Waals surface area (Å²) in [5, 5.41) is 2.68. The van der Waals surface area contributed by atoms with E-state index in [0.29, 0.717) is 21.5 Å². The van der Waals surface area contributed by atoms with Crippen molar-refractivity contribution in [1.82, 2.24) is 10.2 Å². The highest BCUT2D eigenvalue weighted by molar-refractivity contribution is 7.92. The van der Waals surface area contributed by atoms with Crippen LogP contribution in [-0.4, -0.2) is 43.3 Å². The summed E-state index contributed by atoms with van der Waals surface area (Å²) in [5.74, 6) is -1.41. The molecule has 4 rings (SSSR count). The molecule has 0 aromatic heterocycles. The zero-order valence-electron chi connectivity index (χ0n) is 26.6. The fourth-order valence-corrected chi connectivity index (χ4v) is 6.95. The predicted molar refractivity (Wildman–Crippen MR) is 186 cm³/mol. The van der Waals surface area contributed by atoms with Gasteiger partial charge in [-0.3, -0.25) is 13.9 Å². The molecule has 4 aromatic rings. The van der Waals surface area contributed by atoms with E-state index in [-0.39, 0.29) is 27.9 Å². The number of sulfonamides is 1. The molecule has 0 fully saturated rings. The first-order chi connectivity index (χ1) is 22.9. The van der Waals surface area contributed by atoms with Crippen LogP contribution in [0.15, 0.2) is 102 Å². The summed E-state index contributed by atoms with van der Waals surface area (Å²) in [5.41, 5.74) is -1.30. The summed E-state index contributed by atoms with van der Waals surface area (Å²) < 4.78 is 70.6. The van der Waals surface area contributed by atoms with Crippen LogP contribution in [0.25, 0.3) is 0 Å². The molecule has 0 saturated heterocycles. The molecule has 4 aromatic carbocycles. The summed E-state index contributed by atoms with van der Waals surface area (Å²) in [4.78, 5) is 29.4. The first kappa shape index (κ1) is 38.0. The fraction of sp³-hybridized carbons (Fsp3) is 0.257. The van der Waals surface area contributed by atoms with Gasteiger partial charge in [-0.05, 0) is 74.4 Å². The third kappa shape index (κ3) is 9.91. The van der Waals surface area contributed by atoms with Gasteiger partial charge in [0.25, 0.3) is 10.0 Å². The topological polar surface area (TPSA) is 86.8 Å². The summed E-state index contributed by atoms with van der Waals surface area (Å²) in [6, 6.07) is 21.9. The minimum absolute atomic E-state index is 0.0282. The van der Waals surface area contributed by atoms with E-state index in [1.54, 1.807) is 63.2 Å². The molecular weight excluding hydrogens is 722 g/mol. The maximum atomic E-state index is 14.5. The average Bonchev–Trinajstić information content (AvgIpc) is 3.03. The van der Waals surface area contributed by atoms with Crippen LogP contribution >= 0.6 is 34.8 Å². The standard InChI is InChI=1S/C35H33Cl3F3N3O4S/c1-34(2,3)42-33(46)31(19-23-10-6-4-7-11-23)43(21-24-14-16-29(37)30(38)18-24)32(45)22-44(49(47,48)26-12-8-5-9-13-26)25-15-17-28(36)27(20-25)35(39,40)41/h4-18,20,31H,19,21-22H2,1-3H3,(H,42,46). The lowest BCUT2D eigenvalue weighted by molar-refractivity contribution is -0.140. The molecular formula is C35H33Cl3F3N3O4S. The van der Waals surface area contributed by atoms with Crippen LogP contribution in [0, 0.1) is 0 Å². The number of carbonyl (C=O) groups is 2. The molecule has 0 heterocycles. The van der Waals surface area contributed by atoms with Gasteiger partial charge in [-0.1, -0.05) is 89.4 Å². The number of hydrogen-bond donors (Lipinski definition) is 1. The van der Waals surface area contributed by atoms with Crippen molar-refractivity contribution in [2.75, 3.05) is 10.8 Å². The number of halogens is 6. The lowest BCUT2D eigenvalue weighted by atomic mass is 10.0. The van der Waals surface area contributed by atoms with E-state index in [1.165, 1.54) is 41.3 Å². The maximum absolute atomic E-state index is 14.5. The van der Waals surface area contributed by atoms with Crippen molar-refractivity contribution in [2.45, 2.75) is 56.4 Å². The molecule has 0 aliphatic heterocycles. The third-order valence-corrected chi connectivity index (χ3v) is 10.1. The minimum Gasteiger partial charge on any atom is -0.350 e. The van der Waals surface area contributed by atoms with E-state index in [0.717, 1.165) is 12.1 Å². The zero-order valence-corrected chi connectivity index (χ0v) is 29.7. The Labute approximate surface area is 298 Å². The van der Waals surface area contributed by atoms with Crippen molar-refractivity contribution >= 4 is 62.3 Å². The number of amides is 2. The van der Waals surface area contributed by atoms with Crippen LogP contribution in [0.1, 0.15) is 37.5 Å². The van der Waals surface area contributed by atoms with E-state index in [1.807, 2.05) is 0 Å². The van der Waals surface area contributed by atoms with Crippen LogP contribution < -0.4 is 9.62 Å². The third-order valence-electron chi connectivity index (χ3n) is 7.26. The number of rotatable bonds is 11. The lowest BCUT2D eigenvalue weighted by Crippen LogP contribution is -2.56. The van der Waals surface area contributed by atoms with Crippen molar-refractivity contribution in [3.05, 3.63) is 129 Å². The van der Waals surface area contributed by atoms with Crippen LogP contribution in [0.5, 0.6) is 0 Å². The molecule has 14 heteroatoms. The SMILES string of the molecule is CC(C)(C)NC(=O)C(Cc1ccccc1)N(Cc1ccc(Cl)c(Cl)c1)C(=O)CN(c1ccc(Cl)c(C(F)(F)F)c1)S(=O)(=O)c1ccccc1. The molecule has 1 atom stereocenters. The van der Waals surface area contributed by atoms with Crippen molar-refractivity contribution in [3.63, 3.8) is 0 Å². The molecule has 260 valence electrons. The Balaban J connectivity index is 1.88. The van der Waals surface area contributed by atoms with Gasteiger partial charge in [0.15, 0.2) is 0 Å². The van der Waals surface area contributed by atoms with Crippen LogP contribution in [0.2, 0.25) is 15.1 Å². The molecule has 1 unspecified atom stereocenters. The number of nitrogens with one attached hydrogen (secondary N) is 1. The van der Waals surface area contributed by atoms with Crippen molar-refractivity contribution < 1.29 is 31.2 Å². The van der Waals surface area contributed by atoms with Gasteiger partial charge in [0.2, 0.25) is 11.8 Å². The molecule has 0 aliphatic carbocycles. The van der Waals surface area contributed by atoms with Crippen molar-refractivity contribution in [3.8, 4) is 0 Å². The van der Waals surface area contributed by atoms with E-state index in [2.05, 4.69) is 5.32 Å². The van der Waals surface area contributed by atoms with E-state index in [9.17, 15) is 31.2 Å². The van der Waals surface area contributed by atoms with E-state index in [4.69, 9.17) is 34.8 Å². The van der Waals surface area contributed by atoms with Crippen molar-refractivity contribution in [2.24, 2.45) is 0 Å². The van der Waals surface area contributed by atoms with Crippen LogP contribution in [0.3, 0.4) is 0 Å². The molecule has 0 bridgehead atoms. The normalized spacial score (nSPS) is 12.7. The van der Waals surface area contributed by atoms with Gasteiger partial charge < -0.3 is 10.2 Å². The quantitative estimate of drug-likeness (QED) is 0.167. The van der Waals surface area contributed by atoms with Crippen LogP contribution in [-0.2, 0) is 38.8 Å². The second-order valence-electron chi connectivity index (χ2n) is 12.2. The Morgan fingerprint density at radius 1 is 0.776 bits per heavy atom. The molecule has 0 radical (unpaired) electrons. The Bertz CT molecular complexity index is 1910. The number of nitrogens with zero attached hydrogens (tertiary/aromatic N) is 2. The lowest BCUT2D eigenvalue weighted by Gasteiger charge is -2.35. The number of carbonyl (C=O) groups excluding carboxylic acids is 2. The Kier molecular flexibility index (Phi) is 12.0. The molecule has 0 spiro atoms. The molecule has 49 heavy (non-hydrogen) atoms. The first-order valence-corrected chi connectivity index (χ1v) is 17.5. The van der Waals surface area contributed by atoms with Crippen LogP contribution in [0.4, 0.5) is 18.9 Å². The molecule has 0 saturated carbocycles. The van der Waals surface area contributed by atoms with E-state index < -0.39 is 62.4 Å². The van der Waals surface area contributed by atoms with Gasteiger partial charge in [-0.15, -0.1) is 0 Å². The Morgan fingerprint density at radius 3 is 1.94 bits per heavy atom. The second kappa shape index (κ2) is 15.4. The smallest absolute Gasteiger partial charge is 0.350 e. The first-order valence-electron chi connectivity index (χ1n) is 14.9. The molecule has 7 nitrogen and oxygen atoms in total. The summed E-state index contributed by atoms with van der Waals surface area (Å²) >= 11 is 18.3.